The van der Waals surface area contributed by atoms with Gasteiger partial charge in [0, 0.05) is 22.3 Å². The largest absolute Gasteiger partial charge is 0.332 e. The number of anilines is 1. The van der Waals surface area contributed by atoms with Crippen molar-refractivity contribution in [1.29, 1.82) is 0 Å². The maximum Gasteiger partial charge on any atom is 0.250 e. The van der Waals surface area contributed by atoms with Crippen molar-refractivity contribution in [3.05, 3.63) is 70.8 Å². The lowest BCUT2D eigenvalue weighted by Crippen LogP contribution is -2.32. The highest BCUT2D eigenvalue weighted by Crippen LogP contribution is 2.16. The Labute approximate surface area is 150 Å². The monoisotopic (exact) mass is 358 g/mol. The molecule has 24 heavy (non-hydrogen) atoms. The summed E-state index contributed by atoms with van der Waals surface area (Å²) in [5.74, 6) is -0.425. The quantitative estimate of drug-likeness (QED) is 0.491. The molecule has 6 heteroatoms. The van der Waals surface area contributed by atoms with Gasteiger partial charge in [0.2, 0.25) is 5.91 Å². The van der Waals surface area contributed by atoms with Crippen molar-refractivity contribution >= 4 is 52.4 Å². The first-order valence-electron chi connectivity index (χ1n) is 7.11. The number of Topliss-reactive ketones (excluding diaryl/α,β-unsaturated/α-hetero) is 1. The van der Waals surface area contributed by atoms with Crippen LogP contribution in [-0.4, -0.2) is 16.8 Å². The summed E-state index contributed by atoms with van der Waals surface area (Å²) < 4.78 is 0. The van der Waals surface area contributed by atoms with E-state index in [-0.39, 0.29) is 16.8 Å². The lowest BCUT2D eigenvalue weighted by molar-refractivity contribution is -0.115. The highest BCUT2D eigenvalue weighted by Gasteiger charge is 2.04. The third-order valence-electron chi connectivity index (χ3n) is 3.08. The summed E-state index contributed by atoms with van der Waals surface area (Å²) in [5.41, 5.74) is 1.93. The number of halogens is 1. The molecular formula is C18H15ClN2O2S. The molecule has 0 saturated carbocycles. The minimum Gasteiger partial charge on any atom is -0.332 e. The van der Waals surface area contributed by atoms with Gasteiger partial charge in [0.1, 0.15) is 0 Å². The molecule has 0 unspecified atom stereocenters. The van der Waals surface area contributed by atoms with Gasteiger partial charge < -0.3 is 5.32 Å². The zero-order chi connectivity index (χ0) is 17.5. The van der Waals surface area contributed by atoms with Gasteiger partial charge in [-0.2, -0.15) is 0 Å². The third-order valence-corrected chi connectivity index (χ3v) is 3.63. The fraction of sp³-hybridized carbons (Fsp3) is 0.0556. The standard InChI is InChI=1S/C18H15ClN2O2S/c1-12(22)14-6-4-7-15(11-14)20-18(24)21-17(23)10-9-13-5-2-3-8-16(13)19/h2-11H,1H3,(H2,20,21,23,24). The Morgan fingerprint density at radius 2 is 1.88 bits per heavy atom. The number of nitrogens with one attached hydrogen (secondary N) is 2. The van der Waals surface area contributed by atoms with Crippen LogP contribution in [0.5, 0.6) is 0 Å². The second-order valence-corrected chi connectivity index (χ2v) is 5.75. The Balaban J connectivity index is 1.95. The highest BCUT2D eigenvalue weighted by atomic mass is 35.5. The molecule has 0 bridgehead atoms. The van der Waals surface area contributed by atoms with Crippen LogP contribution >= 0.6 is 23.8 Å². The van der Waals surface area contributed by atoms with Crippen molar-refractivity contribution in [3.8, 4) is 0 Å². The van der Waals surface area contributed by atoms with Crippen LogP contribution in [0.2, 0.25) is 5.02 Å². The molecule has 0 saturated heterocycles. The molecule has 0 heterocycles. The maximum absolute atomic E-state index is 11.9. The minimum absolute atomic E-state index is 0.0451. The predicted octanol–water partition coefficient (Wildman–Crippen LogP) is 4.07. The Morgan fingerprint density at radius 3 is 2.58 bits per heavy atom. The number of rotatable bonds is 4. The first kappa shape index (κ1) is 17.8. The van der Waals surface area contributed by atoms with Crippen molar-refractivity contribution in [2.75, 3.05) is 5.32 Å². The number of thiocarbonyl (C=S) groups is 1. The number of amides is 1. The molecule has 0 spiro atoms. The van der Waals surface area contributed by atoms with E-state index in [9.17, 15) is 9.59 Å². The van der Waals surface area contributed by atoms with Crippen LogP contribution in [0.25, 0.3) is 6.08 Å². The second kappa shape index (κ2) is 8.38. The summed E-state index contributed by atoms with van der Waals surface area (Å²) >= 11 is 11.1. The summed E-state index contributed by atoms with van der Waals surface area (Å²) in [6.45, 7) is 1.48. The number of carbonyl (C=O) groups excluding carboxylic acids is 2. The summed E-state index contributed by atoms with van der Waals surface area (Å²) in [6.07, 6.45) is 2.96. The fourth-order valence-corrected chi connectivity index (χ4v) is 2.32. The Morgan fingerprint density at radius 1 is 1.12 bits per heavy atom. The van der Waals surface area contributed by atoms with E-state index in [2.05, 4.69) is 10.6 Å². The molecule has 0 fully saturated rings. The average molecular weight is 359 g/mol. The fourth-order valence-electron chi connectivity index (χ4n) is 1.91. The van der Waals surface area contributed by atoms with E-state index in [4.69, 9.17) is 23.8 Å². The normalized spacial score (nSPS) is 10.4. The summed E-state index contributed by atoms with van der Waals surface area (Å²) in [5, 5.41) is 6.10. The van der Waals surface area contributed by atoms with Crippen molar-refractivity contribution < 1.29 is 9.59 Å². The van der Waals surface area contributed by atoms with Gasteiger partial charge in [-0.1, -0.05) is 41.9 Å². The van der Waals surface area contributed by atoms with Crippen LogP contribution < -0.4 is 10.6 Å². The molecule has 0 aliphatic rings. The van der Waals surface area contributed by atoms with E-state index in [1.807, 2.05) is 12.1 Å². The molecule has 122 valence electrons. The first-order chi connectivity index (χ1) is 11.5. The summed E-state index contributed by atoms with van der Waals surface area (Å²) in [7, 11) is 0. The van der Waals surface area contributed by atoms with Gasteiger partial charge in [0.05, 0.1) is 0 Å². The van der Waals surface area contributed by atoms with Gasteiger partial charge in [-0.05, 0) is 49.0 Å². The number of benzene rings is 2. The number of ketones is 1. The van der Waals surface area contributed by atoms with E-state index in [1.54, 1.807) is 42.5 Å². The van der Waals surface area contributed by atoms with Gasteiger partial charge in [-0.25, -0.2) is 0 Å². The van der Waals surface area contributed by atoms with E-state index in [0.717, 1.165) is 5.56 Å². The molecular weight excluding hydrogens is 344 g/mol. The van der Waals surface area contributed by atoms with Crippen LogP contribution in [0.4, 0.5) is 5.69 Å². The van der Waals surface area contributed by atoms with Gasteiger partial charge >= 0.3 is 0 Å². The molecule has 0 aromatic heterocycles. The maximum atomic E-state index is 11.9. The summed E-state index contributed by atoms with van der Waals surface area (Å²) in [4.78, 5) is 23.2. The molecule has 2 aromatic carbocycles. The van der Waals surface area contributed by atoms with Gasteiger partial charge in [-0.3, -0.25) is 14.9 Å². The number of hydrogen-bond donors (Lipinski definition) is 2. The molecule has 0 aliphatic heterocycles. The molecule has 2 rings (SSSR count). The van der Waals surface area contributed by atoms with Crippen molar-refractivity contribution in [1.82, 2.24) is 5.32 Å². The molecule has 0 radical (unpaired) electrons. The van der Waals surface area contributed by atoms with Crippen molar-refractivity contribution in [2.24, 2.45) is 0 Å². The van der Waals surface area contributed by atoms with Crippen molar-refractivity contribution in [3.63, 3.8) is 0 Å². The smallest absolute Gasteiger partial charge is 0.250 e. The molecule has 2 N–H and O–H groups in total. The van der Waals surface area contributed by atoms with Crippen LogP contribution in [-0.2, 0) is 4.79 Å². The van der Waals surface area contributed by atoms with E-state index in [0.29, 0.717) is 16.3 Å². The van der Waals surface area contributed by atoms with Gasteiger partial charge in [-0.15, -0.1) is 0 Å². The van der Waals surface area contributed by atoms with Crippen LogP contribution in [0.1, 0.15) is 22.8 Å². The molecule has 4 nitrogen and oxygen atoms in total. The van der Waals surface area contributed by atoms with Gasteiger partial charge in [0.25, 0.3) is 0 Å². The summed E-state index contributed by atoms with van der Waals surface area (Å²) in [6, 6.07) is 14.1. The molecule has 2 aromatic rings. The van der Waals surface area contributed by atoms with Crippen LogP contribution in [0, 0.1) is 0 Å². The second-order valence-electron chi connectivity index (χ2n) is 4.94. The first-order valence-corrected chi connectivity index (χ1v) is 7.90. The SMILES string of the molecule is CC(=O)c1cccc(NC(=S)NC(=O)C=Cc2ccccc2Cl)c1. The lowest BCUT2D eigenvalue weighted by atomic mass is 10.1. The van der Waals surface area contributed by atoms with Crippen molar-refractivity contribution in [2.45, 2.75) is 6.92 Å². The lowest BCUT2D eigenvalue weighted by Gasteiger charge is -2.09. The van der Waals surface area contributed by atoms with Crippen LogP contribution in [0.3, 0.4) is 0 Å². The molecule has 0 atom stereocenters. The Bertz CT molecular complexity index is 818. The zero-order valence-corrected chi connectivity index (χ0v) is 14.4. The molecule has 1 amide bonds. The van der Waals surface area contributed by atoms with E-state index < -0.39 is 0 Å². The number of carbonyl (C=O) groups is 2. The number of hydrogen-bond acceptors (Lipinski definition) is 3. The minimum atomic E-state index is -0.379. The van der Waals surface area contributed by atoms with Crippen LogP contribution in [0.15, 0.2) is 54.6 Å². The Kier molecular flexibility index (Phi) is 6.23. The molecule has 0 aliphatic carbocycles. The van der Waals surface area contributed by atoms with E-state index >= 15 is 0 Å². The van der Waals surface area contributed by atoms with E-state index in [1.165, 1.54) is 13.0 Å². The Hall–Kier alpha value is -2.50. The average Bonchev–Trinajstić information content (AvgIpc) is 2.54. The zero-order valence-electron chi connectivity index (χ0n) is 12.9. The topological polar surface area (TPSA) is 58.2 Å². The highest BCUT2D eigenvalue weighted by molar-refractivity contribution is 7.80. The predicted molar refractivity (Wildman–Crippen MR) is 101 cm³/mol. The van der Waals surface area contributed by atoms with Gasteiger partial charge in [0.15, 0.2) is 10.9 Å². The third kappa shape index (κ3) is 5.30.